The van der Waals surface area contributed by atoms with E-state index in [4.69, 9.17) is 0 Å². The topological polar surface area (TPSA) is 27.8 Å². The van der Waals surface area contributed by atoms with E-state index in [0.717, 1.165) is 51.0 Å². The largest absolute Gasteiger partial charge is 0.385 e. The van der Waals surface area contributed by atoms with Crippen LogP contribution in [0.15, 0.2) is 61.2 Å². The first-order valence-electron chi connectivity index (χ1n) is 10.4. The van der Waals surface area contributed by atoms with E-state index in [1.54, 1.807) is 19.1 Å². The van der Waals surface area contributed by atoms with Gasteiger partial charge in [0.05, 0.1) is 5.52 Å². The Morgan fingerprint density at radius 2 is 1.55 bits per heavy atom. The molecule has 0 aliphatic carbocycles. The molecule has 1 aromatic heterocycles. The Morgan fingerprint density at radius 1 is 0.871 bits per heavy atom. The van der Waals surface area contributed by atoms with Crippen LogP contribution in [0.5, 0.6) is 0 Å². The first-order chi connectivity index (χ1) is 14.8. The number of H-pyrrole nitrogens is 1. The van der Waals surface area contributed by atoms with Gasteiger partial charge in [-0.2, -0.15) is 0 Å². The predicted molar refractivity (Wildman–Crippen MR) is 125 cm³/mol. The van der Waals surface area contributed by atoms with Gasteiger partial charge in [0.15, 0.2) is 0 Å². The minimum atomic E-state index is -0.221. The highest BCUT2D eigenvalue weighted by Gasteiger charge is 2.14. The Bertz CT molecular complexity index is 1270. The second kappa shape index (κ2) is 8.38. The maximum Gasteiger partial charge on any atom is 0.147 e. The Kier molecular flexibility index (Phi) is 5.64. The zero-order chi connectivity index (χ0) is 22.1. The molecule has 2 N–H and O–H groups in total. The van der Waals surface area contributed by atoms with Crippen LogP contribution in [-0.4, -0.2) is 11.5 Å². The second-order valence-electron chi connectivity index (χ2n) is 8.04. The summed E-state index contributed by atoms with van der Waals surface area (Å²) in [4.78, 5) is 3.18. The van der Waals surface area contributed by atoms with Crippen LogP contribution < -0.4 is 5.32 Å². The molecule has 0 atom stereocenters. The molecule has 4 rings (SSSR count). The van der Waals surface area contributed by atoms with Gasteiger partial charge in [-0.3, -0.25) is 0 Å². The summed E-state index contributed by atoms with van der Waals surface area (Å²) in [7, 11) is 0. The fourth-order valence-electron chi connectivity index (χ4n) is 4.03. The molecule has 31 heavy (non-hydrogen) atoms. The number of aryl methyl sites for hydroxylation is 3. The molecule has 0 unspecified atom stereocenters. The lowest BCUT2D eigenvalue weighted by Gasteiger charge is -2.12. The molecule has 4 aromatic rings. The molecule has 0 spiro atoms. The fourth-order valence-corrected chi connectivity index (χ4v) is 4.03. The van der Waals surface area contributed by atoms with E-state index in [-0.39, 0.29) is 11.6 Å². The third-order valence-electron chi connectivity index (χ3n) is 5.88. The van der Waals surface area contributed by atoms with Crippen molar-refractivity contribution in [3.8, 4) is 11.1 Å². The van der Waals surface area contributed by atoms with E-state index in [1.165, 1.54) is 6.07 Å². The lowest BCUT2D eigenvalue weighted by Crippen LogP contribution is -2.15. The fraction of sp³-hybridized carbons (Fsp3) is 0.185. The summed E-state index contributed by atoms with van der Waals surface area (Å²) in [6.45, 7) is 10.6. The Labute approximate surface area is 181 Å². The minimum absolute atomic E-state index is 0.199. The zero-order valence-electron chi connectivity index (χ0n) is 18.1. The molecule has 0 radical (unpaired) electrons. The maximum atomic E-state index is 14.1. The van der Waals surface area contributed by atoms with E-state index in [0.29, 0.717) is 17.6 Å². The van der Waals surface area contributed by atoms with Gasteiger partial charge >= 0.3 is 0 Å². The molecule has 0 amide bonds. The van der Waals surface area contributed by atoms with Gasteiger partial charge < -0.3 is 10.3 Å². The van der Waals surface area contributed by atoms with Crippen molar-refractivity contribution in [2.24, 2.45) is 0 Å². The smallest absolute Gasteiger partial charge is 0.147 e. The minimum Gasteiger partial charge on any atom is -0.385 e. The van der Waals surface area contributed by atoms with Gasteiger partial charge in [-0.15, -0.1) is 0 Å². The van der Waals surface area contributed by atoms with Crippen LogP contribution in [0.4, 0.5) is 8.78 Å². The number of hydrogen-bond donors (Lipinski definition) is 2. The standard InChI is InChI=1S/C27H26F2N2/c1-16-5-7-22(15-25(16)29)21-10-8-20(9-11-21)18(3)30-14-13-23-19(4)31-27-24(28)12-6-17(2)26(23)27/h5-12,15,30-31H,3,13-14H2,1-2,4H3. The molecule has 1 heterocycles. The van der Waals surface area contributed by atoms with E-state index < -0.39 is 0 Å². The molecule has 4 heteroatoms. The molecule has 0 bridgehead atoms. The van der Waals surface area contributed by atoms with Crippen molar-refractivity contribution < 1.29 is 8.78 Å². The molecule has 3 aromatic carbocycles. The van der Waals surface area contributed by atoms with Gasteiger partial charge in [0, 0.05) is 23.3 Å². The Hall–Kier alpha value is -3.40. The van der Waals surface area contributed by atoms with Crippen molar-refractivity contribution in [1.82, 2.24) is 10.3 Å². The number of hydrogen-bond acceptors (Lipinski definition) is 1. The molecular formula is C27H26F2N2. The first-order valence-corrected chi connectivity index (χ1v) is 10.4. The molecular weight excluding hydrogens is 390 g/mol. The van der Waals surface area contributed by atoms with Crippen LogP contribution in [0.3, 0.4) is 0 Å². The lowest BCUT2D eigenvalue weighted by atomic mass is 10.0. The van der Waals surface area contributed by atoms with Crippen molar-refractivity contribution in [2.75, 3.05) is 6.54 Å². The van der Waals surface area contributed by atoms with E-state index in [9.17, 15) is 8.78 Å². The summed E-state index contributed by atoms with van der Waals surface area (Å²) >= 11 is 0. The number of fused-ring (bicyclic) bond motifs is 1. The van der Waals surface area contributed by atoms with E-state index in [2.05, 4.69) is 16.9 Å². The SMILES string of the molecule is C=C(NCCc1c(C)[nH]c2c(F)ccc(C)c12)c1ccc(-c2ccc(C)c(F)c2)cc1. The van der Waals surface area contributed by atoms with Crippen molar-refractivity contribution >= 4 is 16.6 Å². The van der Waals surface area contributed by atoms with Crippen LogP contribution in [0, 0.1) is 32.4 Å². The van der Waals surface area contributed by atoms with Gasteiger partial charge in [-0.25, -0.2) is 8.78 Å². The summed E-state index contributed by atoms with van der Waals surface area (Å²) < 4.78 is 28.0. The van der Waals surface area contributed by atoms with Crippen molar-refractivity contribution in [3.63, 3.8) is 0 Å². The number of halogens is 2. The number of aromatic amines is 1. The number of aromatic nitrogens is 1. The van der Waals surface area contributed by atoms with Gasteiger partial charge in [0.1, 0.15) is 11.6 Å². The molecule has 0 fully saturated rings. The average Bonchev–Trinajstić information content (AvgIpc) is 3.10. The summed E-state index contributed by atoms with van der Waals surface area (Å²) in [6, 6.07) is 16.5. The second-order valence-corrected chi connectivity index (χ2v) is 8.04. The average molecular weight is 417 g/mol. The highest BCUT2D eigenvalue weighted by atomic mass is 19.1. The molecule has 0 aliphatic rings. The van der Waals surface area contributed by atoms with Crippen LogP contribution in [-0.2, 0) is 6.42 Å². The van der Waals surface area contributed by atoms with Crippen molar-refractivity contribution in [1.29, 1.82) is 0 Å². The number of benzene rings is 3. The number of rotatable bonds is 6. The molecule has 158 valence electrons. The number of nitrogens with one attached hydrogen (secondary N) is 2. The molecule has 2 nitrogen and oxygen atoms in total. The third-order valence-corrected chi connectivity index (χ3v) is 5.88. The first kappa shape index (κ1) is 20.9. The molecule has 0 aliphatic heterocycles. The summed E-state index contributed by atoms with van der Waals surface area (Å²) in [6.07, 6.45) is 0.760. The van der Waals surface area contributed by atoms with Crippen molar-refractivity contribution in [3.05, 3.63) is 101 Å². The van der Waals surface area contributed by atoms with Crippen LogP contribution in [0.2, 0.25) is 0 Å². The van der Waals surface area contributed by atoms with Gasteiger partial charge in [0.2, 0.25) is 0 Å². The molecule has 0 saturated heterocycles. The summed E-state index contributed by atoms with van der Waals surface area (Å²) in [5, 5.41) is 4.35. The van der Waals surface area contributed by atoms with Crippen LogP contribution >= 0.6 is 0 Å². The highest BCUT2D eigenvalue weighted by molar-refractivity contribution is 5.88. The maximum absolute atomic E-state index is 14.1. The predicted octanol–water partition coefficient (Wildman–Crippen LogP) is 6.84. The highest BCUT2D eigenvalue weighted by Crippen LogP contribution is 2.28. The van der Waals surface area contributed by atoms with Crippen LogP contribution in [0.1, 0.15) is 27.9 Å². The Morgan fingerprint density at radius 3 is 2.26 bits per heavy atom. The summed E-state index contributed by atoms with van der Waals surface area (Å²) in [5.74, 6) is -0.420. The normalized spacial score (nSPS) is 11.1. The van der Waals surface area contributed by atoms with Gasteiger partial charge in [0.25, 0.3) is 0 Å². The zero-order valence-corrected chi connectivity index (χ0v) is 18.1. The van der Waals surface area contributed by atoms with Crippen molar-refractivity contribution in [2.45, 2.75) is 27.2 Å². The van der Waals surface area contributed by atoms with E-state index in [1.807, 2.05) is 50.2 Å². The summed E-state index contributed by atoms with van der Waals surface area (Å²) in [5.41, 5.74) is 8.02. The van der Waals surface area contributed by atoms with Gasteiger partial charge in [-0.1, -0.05) is 49.0 Å². The lowest BCUT2D eigenvalue weighted by molar-refractivity contribution is 0.619. The quantitative estimate of drug-likeness (QED) is 0.354. The molecule has 0 saturated carbocycles. The third kappa shape index (κ3) is 4.11. The van der Waals surface area contributed by atoms with Gasteiger partial charge in [-0.05, 0) is 72.7 Å². The van der Waals surface area contributed by atoms with Crippen LogP contribution in [0.25, 0.3) is 27.7 Å². The Balaban J connectivity index is 1.44. The monoisotopic (exact) mass is 416 g/mol. The van der Waals surface area contributed by atoms with E-state index >= 15 is 0 Å².